The SMILES string of the molecule is C[C@@H]([C]1[CH][CH][CH][C]1P(c1ccc(C(F)(F)F)cc1)c1ccc(C(F)(F)F)cc1)N(C)C.[CH]1[CH][CH][CH][CH]1.[Fe]. The molecule has 0 N–H and O–H groups in total. The number of rotatable bonds is 5. The Kier molecular flexibility index (Phi) is 12.0. The van der Waals surface area contributed by atoms with Crippen LogP contribution in [0, 0.1) is 62.9 Å². The van der Waals surface area contributed by atoms with E-state index < -0.39 is 31.4 Å². The molecule has 1 nitrogen and oxygen atoms in total. The topological polar surface area (TPSA) is 3.24 Å². The molecule has 37 heavy (non-hydrogen) atoms. The molecule has 10 radical (unpaired) electrons. The van der Waals surface area contributed by atoms with E-state index in [-0.39, 0.29) is 23.1 Å². The number of benzene rings is 2. The molecule has 2 aliphatic carbocycles. The van der Waals surface area contributed by atoms with Crippen LogP contribution in [0.25, 0.3) is 0 Å². The molecular formula is C28H26F6FeNP. The maximum atomic E-state index is 13.0. The van der Waals surface area contributed by atoms with Crippen LogP contribution in [-0.4, -0.2) is 25.0 Å². The normalized spacial score (nSPS) is 18.0. The third kappa shape index (κ3) is 8.71. The zero-order valence-electron chi connectivity index (χ0n) is 20.3. The molecule has 2 aliphatic rings. The first-order valence-electron chi connectivity index (χ1n) is 11.1. The summed E-state index contributed by atoms with van der Waals surface area (Å²) in [7, 11) is 2.49. The van der Waals surface area contributed by atoms with Gasteiger partial charge >= 0.3 is 12.4 Å². The van der Waals surface area contributed by atoms with Gasteiger partial charge in [0.05, 0.1) is 11.1 Å². The summed E-state index contributed by atoms with van der Waals surface area (Å²) in [5.74, 6) is 0.996. The summed E-state index contributed by atoms with van der Waals surface area (Å²) in [6.45, 7) is 2.01. The Morgan fingerprint density at radius 3 is 1.32 bits per heavy atom. The predicted octanol–water partition coefficient (Wildman–Crippen LogP) is 6.86. The van der Waals surface area contributed by atoms with Crippen molar-refractivity contribution in [2.24, 2.45) is 0 Å². The average molecular weight is 577 g/mol. The largest absolute Gasteiger partial charge is 0.416 e. The summed E-state index contributed by atoms with van der Waals surface area (Å²) in [5.41, 5.74) is -0.610. The van der Waals surface area contributed by atoms with Crippen LogP contribution in [0.4, 0.5) is 26.3 Å². The van der Waals surface area contributed by atoms with Gasteiger partial charge in [-0.15, -0.1) is 0 Å². The molecule has 2 fully saturated rings. The van der Waals surface area contributed by atoms with Gasteiger partial charge in [-0.3, -0.25) is 0 Å². The standard InChI is InChI=1S/C23H21F6NP.C5H5.Fe/c1-15(30(2)3)20-5-4-6-21(20)31(18-11-7-16(8-12-18)22(24,25)26)19-13-9-17(10-14-19)23(27,28)29;1-2-4-5-3-1;/h4-15H,1-3H3;1-5H;/t15-;;/m0../s1. The Balaban J connectivity index is 0.000000716. The van der Waals surface area contributed by atoms with E-state index in [1.54, 1.807) is 0 Å². The first kappa shape index (κ1) is 32.1. The van der Waals surface area contributed by atoms with Crippen LogP contribution < -0.4 is 10.6 Å². The molecule has 0 amide bonds. The van der Waals surface area contributed by atoms with Gasteiger partial charge < -0.3 is 4.90 Å². The fourth-order valence-electron chi connectivity index (χ4n) is 3.61. The molecular weight excluding hydrogens is 551 g/mol. The third-order valence-corrected chi connectivity index (χ3v) is 8.27. The van der Waals surface area contributed by atoms with Crippen molar-refractivity contribution in [3.63, 3.8) is 0 Å². The molecule has 198 valence electrons. The van der Waals surface area contributed by atoms with Crippen LogP contribution in [0.1, 0.15) is 18.1 Å². The van der Waals surface area contributed by atoms with Gasteiger partial charge in [0.2, 0.25) is 0 Å². The first-order chi connectivity index (χ1) is 16.9. The Morgan fingerprint density at radius 1 is 0.622 bits per heavy atom. The summed E-state index contributed by atoms with van der Waals surface area (Å²) in [6.07, 6.45) is 6.80. The number of nitrogens with zero attached hydrogens (tertiary/aromatic N) is 1. The molecule has 2 saturated carbocycles. The number of hydrogen-bond acceptors (Lipinski definition) is 1. The fraction of sp³-hybridized carbons (Fsp3) is 0.214. The molecule has 1 atom stereocenters. The minimum Gasteiger partial charge on any atom is -0.306 e. The van der Waals surface area contributed by atoms with Crippen molar-refractivity contribution in [2.45, 2.75) is 25.3 Å². The number of halogens is 6. The monoisotopic (exact) mass is 577 g/mol. The van der Waals surface area contributed by atoms with Gasteiger partial charge in [0.15, 0.2) is 0 Å². The van der Waals surface area contributed by atoms with Crippen molar-refractivity contribution in [2.75, 3.05) is 14.1 Å². The van der Waals surface area contributed by atoms with Gasteiger partial charge in [0, 0.05) is 34.7 Å². The smallest absolute Gasteiger partial charge is 0.306 e. The van der Waals surface area contributed by atoms with E-state index in [4.69, 9.17) is 0 Å². The number of hydrogen-bond donors (Lipinski definition) is 0. The second-order valence-corrected chi connectivity index (χ2v) is 10.6. The molecule has 2 aromatic carbocycles. The van der Waals surface area contributed by atoms with E-state index in [0.29, 0.717) is 10.6 Å². The van der Waals surface area contributed by atoms with E-state index in [9.17, 15) is 26.3 Å². The third-order valence-electron chi connectivity index (χ3n) is 5.75. The minimum absolute atomic E-state index is 0. The average Bonchev–Trinajstić information content (AvgIpc) is 3.54. The molecule has 0 saturated heterocycles. The van der Waals surface area contributed by atoms with Crippen LogP contribution >= 0.6 is 7.92 Å². The Bertz CT molecular complexity index is 874. The maximum absolute atomic E-state index is 13.0. The summed E-state index contributed by atoms with van der Waals surface area (Å²) >= 11 is 0. The molecule has 2 aromatic rings. The second kappa shape index (κ2) is 13.8. The van der Waals surface area contributed by atoms with Crippen molar-refractivity contribution in [1.82, 2.24) is 4.90 Å². The minimum atomic E-state index is -4.46. The zero-order chi connectivity index (χ0) is 26.5. The van der Waals surface area contributed by atoms with Gasteiger partial charge in [-0.2, -0.15) is 26.3 Å². The van der Waals surface area contributed by atoms with Gasteiger partial charge in [-0.1, -0.05) is 24.3 Å². The van der Waals surface area contributed by atoms with Crippen LogP contribution in [0.15, 0.2) is 48.5 Å². The van der Waals surface area contributed by atoms with Crippen LogP contribution in [0.5, 0.6) is 0 Å². The molecule has 9 heteroatoms. The van der Waals surface area contributed by atoms with Crippen molar-refractivity contribution in [3.8, 4) is 0 Å². The molecule has 0 heterocycles. The van der Waals surface area contributed by atoms with Crippen molar-refractivity contribution < 1.29 is 43.4 Å². The Morgan fingerprint density at radius 2 is 1.00 bits per heavy atom. The fourth-order valence-corrected chi connectivity index (χ4v) is 6.11. The van der Waals surface area contributed by atoms with E-state index in [2.05, 4.69) is 0 Å². The van der Waals surface area contributed by atoms with Gasteiger partial charge in [0.25, 0.3) is 0 Å². The van der Waals surface area contributed by atoms with Crippen molar-refractivity contribution in [3.05, 3.63) is 123 Å². The summed E-state index contributed by atoms with van der Waals surface area (Å²) in [5, 5.41) is 1.28. The molecule has 0 spiro atoms. The summed E-state index contributed by atoms with van der Waals surface area (Å²) < 4.78 is 78.2. The van der Waals surface area contributed by atoms with Gasteiger partial charge in [-0.25, -0.2) is 0 Å². The van der Waals surface area contributed by atoms with Crippen LogP contribution in [0.2, 0.25) is 0 Å². The summed E-state index contributed by atoms with van der Waals surface area (Å²) in [4.78, 5) is 2.01. The predicted molar refractivity (Wildman–Crippen MR) is 133 cm³/mol. The number of alkyl halides is 6. The second-order valence-electron chi connectivity index (χ2n) is 8.39. The zero-order valence-corrected chi connectivity index (χ0v) is 22.3. The molecule has 0 aliphatic heterocycles. The van der Waals surface area contributed by atoms with E-state index in [1.165, 1.54) is 24.3 Å². The quantitative estimate of drug-likeness (QED) is 0.213. The van der Waals surface area contributed by atoms with Gasteiger partial charge in [-0.05, 0) is 115 Å². The van der Waals surface area contributed by atoms with Crippen molar-refractivity contribution >= 4 is 18.5 Å². The van der Waals surface area contributed by atoms with Crippen LogP contribution in [0.3, 0.4) is 0 Å². The molecule has 0 unspecified atom stereocenters. The maximum Gasteiger partial charge on any atom is 0.416 e. The van der Waals surface area contributed by atoms with Gasteiger partial charge in [0.1, 0.15) is 0 Å². The molecule has 0 bridgehead atoms. The molecule has 4 rings (SSSR count). The van der Waals surface area contributed by atoms with Crippen LogP contribution in [-0.2, 0) is 29.4 Å². The van der Waals surface area contributed by atoms with E-state index in [1.807, 2.05) is 77.3 Å². The van der Waals surface area contributed by atoms with E-state index in [0.717, 1.165) is 35.8 Å². The molecule has 0 aromatic heterocycles. The Labute approximate surface area is 228 Å². The van der Waals surface area contributed by atoms with E-state index >= 15 is 0 Å². The van der Waals surface area contributed by atoms with Crippen molar-refractivity contribution in [1.29, 1.82) is 0 Å². The Hall–Kier alpha value is -1.07. The first-order valence-corrected chi connectivity index (χ1v) is 12.5. The summed E-state index contributed by atoms with van der Waals surface area (Å²) in [6, 6.07) is 9.79.